The highest BCUT2D eigenvalue weighted by Gasteiger charge is 2.63. The van der Waals surface area contributed by atoms with Gasteiger partial charge in [-0.3, -0.25) is 19.2 Å². The van der Waals surface area contributed by atoms with Gasteiger partial charge < -0.3 is 0 Å². The highest BCUT2D eigenvalue weighted by Crippen LogP contribution is 2.59. The van der Waals surface area contributed by atoms with Crippen LogP contribution in [0.1, 0.15) is 32.6 Å². The largest absolute Gasteiger partial charge is 0.274 e. The normalized spacial score (nSPS) is 37.1. The molecule has 1 aromatic carbocycles. The van der Waals surface area contributed by atoms with Gasteiger partial charge in [-0.05, 0) is 73.5 Å². The maximum absolute atomic E-state index is 13.7. The molecule has 4 fully saturated rings. The van der Waals surface area contributed by atoms with Crippen LogP contribution in [0.3, 0.4) is 0 Å². The highest BCUT2D eigenvalue weighted by atomic mass is 16.2. The monoisotopic (exact) mass is 508 g/mol. The second kappa shape index (κ2) is 8.23. The summed E-state index contributed by atoms with van der Waals surface area (Å²) < 4.78 is 0. The van der Waals surface area contributed by atoms with Crippen LogP contribution in [-0.4, -0.2) is 23.6 Å². The average Bonchev–Trinajstić information content (AvgIpc) is 3.74. The van der Waals surface area contributed by atoms with Crippen LogP contribution >= 0.6 is 0 Å². The van der Waals surface area contributed by atoms with Crippen molar-refractivity contribution in [3.63, 3.8) is 0 Å². The van der Waals surface area contributed by atoms with Crippen LogP contribution in [0.15, 0.2) is 72.9 Å². The Morgan fingerprint density at radius 3 is 2.00 bits per heavy atom. The Morgan fingerprint density at radius 2 is 1.39 bits per heavy atom. The molecule has 9 unspecified atom stereocenters. The van der Waals surface area contributed by atoms with E-state index in [4.69, 9.17) is 0 Å². The van der Waals surface area contributed by atoms with E-state index in [0.717, 1.165) is 25.7 Å². The lowest BCUT2D eigenvalue weighted by molar-refractivity contribution is -0.124. The van der Waals surface area contributed by atoms with Gasteiger partial charge >= 0.3 is 0 Å². The number of anilines is 2. The lowest BCUT2D eigenvalue weighted by Crippen LogP contribution is -2.35. The number of benzene rings is 1. The summed E-state index contributed by atoms with van der Waals surface area (Å²) in [7, 11) is 0. The van der Waals surface area contributed by atoms with Gasteiger partial charge in [0.15, 0.2) is 0 Å². The predicted octanol–water partition coefficient (Wildman–Crippen LogP) is 4.84. The van der Waals surface area contributed by atoms with E-state index in [2.05, 4.69) is 32.2 Å². The van der Waals surface area contributed by atoms with Gasteiger partial charge in [0.05, 0.1) is 35.0 Å². The second-order valence-electron chi connectivity index (χ2n) is 11.9. The van der Waals surface area contributed by atoms with Crippen molar-refractivity contribution >= 4 is 35.0 Å². The molecule has 9 atom stereocenters. The Kier molecular flexibility index (Phi) is 5.10. The van der Waals surface area contributed by atoms with Gasteiger partial charge in [0, 0.05) is 0 Å². The van der Waals surface area contributed by atoms with Crippen molar-refractivity contribution in [2.45, 2.75) is 32.6 Å². The van der Waals surface area contributed by atoms with Crippen molar-refractivity contribution in [1.82, 2.24) is 0 Å². The maximum atomic E-state index is 13.7. The van der Waals surface area contributed by atoms with E-state index in [0.29, 0.717) is 11.4 Å². The van der Waals surface area contributed by atoms with Crippen LogP contribution in [0.5, 0.6) is 0 Å². The molecule has 0 radical (unpaired) electrons. The molecular formula is C32H32N2O4. The molecule has 2 saturated heterocycles. The minimum Gasteiger partial charge on any atom is -0.274 e. The minimum atomic E-state index is -0.344. The highest BCUT2D eigenvalue weighted by molar-refractivity contribution is 6.25. The number of nitrogens with zero attached hydrogens (tertiary/aromatic N) is 2. The molecule has 2 heterocycles. The molecule has 2 saturated carbocycles. The summed E-state index contributed by atoms with van der Waals surface area (Å²) in [5.41, 5.74) is 3.38. The van der Waals surface area contributed by atoms with E-state index in [1.807, 2.05) is 12.2 Å². The number of allylic oxidation sites excluding steroid dienone is 6. The summed E-state index contributed by atoms with van der Waals surface area (Å²) in [5.74, 6) is -1.42. The molecule has 6 heteroatoms. The molecule has 4 aliphatic carbocycles. The minimum absolute atomic E-state index is 0.0713. The number of imide groups is 2. The maximum Gasteiger partial charge on any atom is 0.238 e. The lowest BCUT2D eigenvalue weighted by Gasteiger charge is -2.24. The van der Waals surface area contributed by atoms with Crippen molar-refractivity contribution in [2.75, 3.05) is 9.80 Å². The number of fused-ring (bicyclic) bond motifs is 10. The average molecular weight is 509 g/mol. The predicted molar refractivity (Wildman–Crippen MR) is 144 cm³/mol. The van der Waals surface area contributed by atoms with Crippen LogP contribution in [0.4, 0.5) is 11.4 Å². The fourth-order valence-corrected chi connectivity index (χ4v) is 8.63. The van der Waals surface area contributed by atoms with Gasteiger partial charge in [0.1, 0.15) is 0 Å². The van der Waals surface area contributed by atoms with Gasteiger partial charge in [-0.15, -0.1) is 13.2 Å². The molecule has 4 amide bonds. The number of hydrogen-bond donors (Lipinski definition) is 0. The Hall–Kier alpha value is -3.54. The first kappa shape index (κ1) is 23.6. The smallest absolute Gasteiger partial charge is 0.238 e. The van der Waals surface area contributed by atoms with E-state index in [-0.39, 0.29) is 76.9 Å². The van der Waals surface area contributed by atoms with Crippen molar-refractivity contribution in [3.05, 3.63) is 72.9 Å². The topological polar surface area (TPSA) is 74.8 Å². The fraction of sp³-hybridized carbons (Fsp3) is 0.438. The summed E-state index contributed by atoms with van der Waals surface area (Å²) in [5, 5.41) is 0. The summed E-state index contributed by atoms with van der Waals surface area (Å²) in [4.78, 5) is 57.0. The summed E-state index contributed by atoms with van der Waals surface area (Å²) in [6.45, 7) is 9.81. The number of hydrogen-bond acceptors (Lipinski definition) is 4. The van der Waals surface area contributed by atoms with Crippen molar-refractivity contribution in [1.29, 1.82) is 0 Å². The third kappa shape index (κ3) is 2.94. The van der Waals surface area contributed by atoms with Gasteiger partial charge in [0.25, 0.3) is 0 Å². The van der Waals surface area contributed by atoms with Gasteiger partial charge in [-0.1, -0.05) is 48.4 Å². The molecule has 0 N–H and O–H groups in total. The Bertz CT molecular complexity index is 1390. The van der Waals surface area contributed by atoms with Gasteiger partial charge in [0.2, 0.25) is 23.6 Å². The quantitative estimate of drug-likeness (QED) is 0.390. The van der Waals surface area contributed by atoms with Crippen LogP contribution in [0.2, 0.25) is 0 Å². The summed E-state index contributed by atoms with van der Waals surface area (Å²) in [6, 6.07) is 6.86. The van der Waals surface area contributed by atoms with E-state index in [1.165, 1.54) is 20.9 Å². The van der Waals surface area contributed by atoms with E-state index < -0.39 is 0 Å². The first-order chi connectivity index (χ1) is 18.3. The number of carbonyl (C=O) groups is 4. The third-order valence-electron chi connectivity index (χ3n) is 10.2. The Morgan fingerprint density at radius 1 is 0.842 bits per heavy atom. The first-order valence-corrected chi connectivity index (χ1v) is 13.9. The standard InChI is InChI=1S/C32H32N2O4/c1-4-6-8-17-11-18-13-23(17)27-25(18)29(35)33(31(27)37)20-9-7-10-21(15-20)34-30(36)26-19-12-22(16(3)5-2)24(14-19)28(26)32(34)38/h4-5,7,9-12,15-16,18-19,23-28H,1-2,6,8,13-14H2,3H3. The van der Waals surface area contributed by atoms with Crippen molar-refractivity contribution < 1.29 is 19.2 Å². The SMILES string of the molecule is C=CCCC1=CC2CC1C1C(=O)N(c3cccc(N4C(=O)C5C6C=C(C(C)C=C)C(C6)C5C4=O)c3)C(=O)C21. The van der Waals surface area contributed by atoms with E-state index >= 15 is 0 Å². The summed E-state index contributed by atoms with van der Waals surface area (Å²) >= 11 is 0. The number of rotatable bonds is 7. The molecule has 38 heavy (non-hydrogen) atoms. The van der Waals surface area contributed by atoms with Gasteiger partial charge in [-0.2, -0.15) is 0 Å². The van der Waals surface area contributed by atoms with Crippen LogP contribution < -0.4 is 9.80 Å². The molecule has 6 nitrogen and oxygen atoms in total. The van der Waals surface area contributed by atoms with Crippen molar-refractivity contribution in [3.8, 4) is 0 Å². The van der Waals surface area contributed by atoms with Gasteiger partial charge in [-0.25, -0.2) is 9.80 Å². The molecule has 2 aliphatic heterocycles. The molecule has 6 aliphatic rings. The van der Waals surface area contributed by atoms with Crippen LogP contribution in [0, 0.1) is 53.3 Å². The zero-order chi connectivity index (χ0) is 26.5. The second-order valence-corrected chi connectivity index (χ2v) is 11.9. The molecule has 0 aromatic heterocycles. The van der Waals surface area contributed by atoms with E-state index in [9.17, 15) is 19.2 Å². The van der Waals surface area contributed by atoms with Crippen LogP contribution in [-0.2, 0) is 19.2 Å². The van der Waals surface area contributed by atoms with Crippen molar-refractivity contribution in [2.24, 2.45) is 53.3 Å². The molecule has 0 spiro atoms. The zero-order valence-electron chi connectivity index (χ0n) is 21.6. The fourth-order valence-electron chi connectivity index (χ4n) is 8.63. The molecule has 4 bridgehead atoms. The summed E-state index contributed by atoms with van der Waals surface area (Å²) in [6.07, 6.45) is 11.7. The lowest BCUT2D eigenvalue weighted by atomic mass is 9.77. The Labute approximate surface area is 222 Å². The first-order valence-electron chi connectivity index (χ1n) is 13.9. The number of carbonyl (C=O) groups excluding carboxylic acids is 4. The van der Waals surface area contributed by atoms with E-state index in [1.54, 1.807) is 24.3 Å². The third-order valence-corrected chi connectivity index (χ3v) is 10.2. The Balaban J connectivity index is 1.16. The molecule has 194 valence electrons. The zero-order valence-corrected chi connectivity index (χ0v) is 21.6. The number of amides is 4. The molecule has 1 aromatic rings. The van der Waals surface area contributed by atoms with Crippen LogP contribution in [0.25, 0.3) is 0 Å². The molecule has 7 rings (SSSR count). The molecular weight excluding hydrogens is 476 g/mol.